The van der Waals surface area contributed by atoms with Crippen molar-refractivity contribution in [3.05, 3.63) is 0 Å². The van der Waals surface area contributed by atoms with Crippen LogP contribution in [0.3, 0.4) is 0 Å². The lowest BCUT2D eigenvalue weighted by Crippen LogP contribution is -2.68. The third kappa shape index (κ3) is 4.63. The number of rotatable bonds is 8. The van der Waals surface area contributed by atoms with Gasteiger partial charge in [-0.3, -0.25) is 0 Å². The van der Waals surface area contributed by atoms with E-state index < -0.39 is 26.3 Å². The maximum Gasteiger partial charge on any atom is 0.186 e. The summed E-state index contributed by atoms with van der Waals surface area (Å²) in [6.07, 6.45) is 1.37. The maximum atomic E-state index is 3.09. The molecule has 5 heteroatoms. The monoisotopic (exact) mass is 290 g/mol. The number of hydrogen-bond donors (Lipinski definition) is 0. The predicted octanol–water partition coefficient (Wildman–Crippen LogP) is 3.08. The second kappa shape index (κ2) is 7.89. The summed E-state index contributed by atoms with van der Waals surface area (Å²) in [7, 11) is -2.67. The van der Waals surface area contributed by atoms with Gasteiger partial charge in [0, 0.05) is 0 Å². The third-order valence-corrected chi connectivity index (χ3v) is 20.8. The van der Waals surface area contributed by atoms with E-state index in [0.29, 0.717) is 0 Å². The molecule has 17 heavy (non-hydrogen) atoms. The summed E-state index contributed by atoms with van der Waals surface area (Å²) in [6, 6.07) is 1.49. The van der Waals surface area contributed by atoms with Crippen molar-refractivity contribution in [1.82, 2.24) is 8.46 Å². The van der Waals surface area contributed by atoms with Gasteiger partial charge < -0.3 is 8.46 Å². The van der Waals surface area contributed by atoms with Crippen LogP contribution in [0.4, 0.5) is 0 Å². The van der Waals surface area contributed by atoms with Crippen LogP contribution < -0.4 is 0 Å². The molecule has 0 rings (SSSR count). The molecule has 0 fully saturated rings. The average molecular weight is 291 g/mol. The van der Waals surface area contributed by atoms with Crippen molar-refractivity contribution in [1.29, 1.82) is 0 Å². The van der Waals surface area contributed by atoms with Gasteiger partial charge in [0.25, 0.3) is 0 Å². The topological polar surface area (TPSA) is 6.48 Å². The molecule has 2 nitrogen and oxygen atoms in total. The van der Waals surface area contributed by atoms with Gasteiger partial charge in [-0.15, -0.1) is 0 Å². The SMILES string of the molecule is CCC[SiH](C)N([SiH](C)C)[Si](C)(C)N(CC)CC. The first-order valence-corrected chi connectivity index (χ1v) is 15.6. The van der Waals surface area contributed by atoms with E-state index >= 15 is 0 Å². The minimum atomic E-state index is -1.34. The van der Waals surface area contributed by atoms with Gasteiger partial charge in [0.15, 0.2) is 8.40 Å². The van der Waals surface area contributed by atoms with E-state index in [-0.39, 0.29) is 0 Å². The lowest BCUT2D eigenvalue weighted by molar-refractivity contribution is 0.445. The smallest absolute Gasteiger partial charge is 0.186 e. The standard InChI is InChI=1S/C12H34N2Si3/c1-9-12-16(6)14(15(4)5)17(7,8)13(10-2)11-3/h15-16H,9-12H2,1-8H3. The van der Waals surface area contributed by atoms with Crippen LogP contribution in [0.15, 0.2) is 0 Å². The van der Waals surface area contributed by atoms with Gasteiger partial charge >= 0.3 is 0 Å². The highest BCUT2D eigenvalue weighted by Gasteiger charge is 2.38. The van der Waals surface area contributed by atoms with Crippen molar-refractivity contribution in [2.24, 2.45) is 0 Å². The summed E-state index contributed by atoms with van der Waals surface area (Å²) in [4.78, 5) is 0. The van der Waals surface area contributed by atoms with Gasteiger partial charge in [-0.05, 0) is 32.2 Å². The van der Waals surface area contributed by atoms with Crippen LogP contribution in [-0.2, 0) is 0 Å². The van der Waals surface area contributed by atoms with Crippen LogP contribution in [0, 0.1) is 0 Å². The normalized spacial score (nSPS) is 15.0. The summed E-state index contributed by atoms with van der Waals surface area (Å²) in [5.41, 5.74) is 0. The van der Waals surface area contributed by atoms with Crippen LogP contribution >= 0.6 is 0 Å². The molecule has 0 aromatic rings. The molecule has 0 amide bonds. The Hall–Kier alpha value is 0.571. The Morgan fingerprint density at radius 2 is 1.41 bits per heavy atom. The molecular weight excluding hydrogens is 256 g/mol. The fourth-order valence-corrected chi connectivity index (χ4v) is 21.6. The largest absolute Gasteiger partial charge is 0.361 e. The highest BCUT2D eigenvalue weighted by atomic mass is 28.4. The molecule has 0 aromatic heterocycles. The van der Waals surface area contributed by atoms with Crippen molar-refractivity contribution in [2.45, 2.75) is 66.0 Å². The van der Waals surface area contributed by atoms with Gasteiger partial charge in [-0.25, -0.2) is 0 Å². The molecule has 1 unspecified atom stereocenters. The molecule has 0 aliphatic rings. The minimum Gasteiger partial charge on any atom is -0.361 e. The van der Waals surface area contributed by atoms with E-state index in [1.165, 1.54) is 25.6 Å². The molecule has 0 aromatic carbocycles. The first kappa shape index (κ1) is 17.6. The number of nitrogens with zero attached hydrogens (tertiary/aromatic N) is 2. The van der Waals surface area contributed by atoms with Crippen molar-refractivity contribution in [2.75, 3.05) is 13.1 Å². The summed E-state index contributed by atoms with van der Waals surface area (Å²) in [5.74, 6) is 0. The fourth-order valence-electron chi connectivity index (χ4n) is 3.40. The molecule has 0 aliphatic carbocycles. The molecule has 0 N–H and O–H groups in total. The summed E-state index contributed by atoms with van der Waals surface area (Å²) >= 11 is 0. The highest BCUT2D eigenvalue weighted by molar-refractivity contribution is 6.92. The van der Waals surface area contributed by atoms with Gasteiger partial charge in [0.2, 0.25) is 0 Å². The molecule has 0 saturated carbocycles. The van der Waals surface area contributed by atoms with Crippen LogP contribution in [-0.4, -0.2) is 47.9 Å². The lowest BCUT2D eigenvalue weighted by Gasteiger charge is -2.49. The summed E-state index contributed by atoms with van der Waals surface area (Å²) in [6.45, 7) is 22.2. The maximum absolute atomic E-state index is 3.09. The predicted molar refractivity (Wildman–Crippen MR) is 89.2 cm³/mol. The second-order valence-corrected chi connectivity index (χ2v) is 17.1. The average Bonchev–Trinajstić information content (AvgIpc) is 2.17. The molecule has 0 radical (unpaired) electrons. The molecular formula is C12H34N2Si3. The minimum absolute atomic E-state index is 0.669. The first-order chi connectivity index (χ1) is 7.82. The Morgan fingerprint density at radius 3 is 1.71 bits per heavy atom. The van der Waals surface area contributed by atoms with Crippen LogP contribution in [0.1, 0.15) is 27.2 Å². The van der Waals surface area contributed by atoms with E-state index in [0.717, 1.165) is 0 Å². The van der Waals surface area contributed by atoms with E-state index in [2.05, 4.69) is 62.0 Å². The molecule has 0 aliphatic heterocycles. The van der Waals surface area contributed by atoms with Crippen molar-refractivity contribution in [3.8, 4) is 0 Å². The second-order valence-electron chi connectivity index (χ2n) is 5.81. The van der Waals surface area contributed by atoms with E-state index in [1.54, 1.807) is 0 Å². The third-order valence-electron chi connectivity index (χ3n) is 3.91. The molecule has 0 spiro atoms. The molecule has 1 atom stereocenters. The quantitative estimate of drug-likeness (QED) is 0.634. The summed E-state index contributed by atoms with van der Waals surface area (Å²) < 4.78 is 5.85. The van der Waals surface area contributed by atoms with Gasteiger partial charge in [0.05, 0.1) is 17.9 Å². The zero-order valence-electron chi connectivity index (χ0n) is 13.4. The van der Waals surface area contributed by atoms with E-state index in [4.69, 9.17) is 0 Å². The summed E-state index contributed by atoms with van der Waals surface area (Å²) in [5, 5.41) is 0. The van der Waals surface area contributed by atoms with Crippen molar-refractivity contribution >= 4 is 26.3 Å². The Morgan fingerprint density at radius 1 is 0.941 bits per heavy atom. The zero-order valence-corrected chi connectivity index (χ0v) is 16.7. The van der Waals surface area contributed by atoms with Crippen molar-refractivity contribution < 1.29 is 0 Å². The van der Waals surface area contributed by atoms with Gasteiger partial charge in [-0.1, -0.05) is 46.8 Å². The van der Waals surface area contributed by atoms with Crippen molar-refractivity contribution in [3.63, 3.8) is 0 Å². The van der Waals surface area contributed by atoms with Gasteiger partial charge in [-0.2, -0.15) is 0 Å². The van der Waals surface area contributed by atoms with E-state index in [1.807, 2.05) is 0 Å². The highest BCUT2D eigenvalue weighted by Crippen LogP contribution is 2.21. The van der Waals surface area contributed by atoms with Crippen LogP contribution in [0.2, 0.25) is 38.8 Å². The zero-order chi connectivity index (χ0) is 13.6. The lowest BCUT2D eigenvalue weighted by atomic mass is 10.6. The Kier molecular flexibility index (Phi) is 8.15. The fraction of sp³-hybridized carbons (Fsp3) is 1.00. The first-order valence-electron chi connectivity index (χ1n) is 7.36. The van der Waals surface area contributed by atoms with Crippen LogP contribution in [0.25, 0.3) is 0 Å². The molecule has 0 heterocycles. The van der Waals surface area contributed by atoms with Gasteiger partial charge in [0.1, 0.15) is 0 Å². The van der Waals surface area contributed by atoms with Crippen LogP contribution in [0.5, 0.6) is 0 Å². The Labute approximate surface area is 114 Å². The Bertz CT molecular complexity index is 206. The number of hydrogen-bond acceptors (Lipinski definition) is 2. The molecule has 0 bridgehead atoms. The van der Waals surface area contributed by atoms with E-state index in [9.17, 15) is 0 Å². The Balaban J connectivity index is 5.01. The molecule has 104 valence electrons. The molecule has 0 saturated heterocycles.